The van der Waals surface area contributed by atoms with Crippen LogP contribution in [0.3, 0.4) is 0 Å². The summed E-state index contributed by atoms with van der Waals surface area (Å²) in [6.07, 6.45) is -3.79. The van der Waals surface area contributed by atoms with Crippen LogP contribution in [-0.4, -0.2) is 47.7 Å². The second-order valence-corrected chi connectivity index (χ2v) is 10.0. The first-order valence-electron chi connectivity index (χ1n) is 12.4. The lowest BCUT2D eigenvalue weighted by atomic mass is 10.1. The van der Waals surface area contributed by atoms with Gasteiger partial charge in [-0.15, -0.1) is 0 Å². The fourth-order valence-electron chi connectivity index (χ4n) is 3.74. The lowest BCUT2D eigenvalue weighted by molar-refractivity contribution is -0.137. The van der Waals surface area contributed by atoms with Gasteiger partial charge in [-0.3, -0.25) is 14.2 Å². The molecule has 212 valence electrons. The molecule has 8 nitrogen and oxygen atoms in total. The number of aromatic nitrogens is 1. The van der Waals surface area contributed by atoms with Crippen LogP contribution in [-0.2, 0) is 26.4 Å². The van der Waals surface area contributed by atoms with Crippen LogP contribution in [0.1, 0.15) is 40.5 Å². The first-order chi connectivity index (χ1) is 19.1. The molecular formula is C28H28F3N3O5S. The van der Waals surface area contributed by atoms with Crippen molar-refractivity contribution in [2.75, 3.05) is 33.0 Å². The minimum Gasteiger partial charge on any atom is -0.379 e. The van der Waals surface area contributed by atoms with Gasteiger partial charge in [0.15, 0.2) is 0 Å². The van der Waals surface area contributed by atoms with Crippen LogP contribution in [0.15, 0.2) is 69.2 Å². The first-order valence-corrected chi connectivity index (χ1v) is 13.5. The molecule has 1 heterocycles. The fraction of sp³-hybridized carbons (Fsp3) is 0.321. The maximum Gasteiger partial charge on any atom is 0.416 e. The van der Waals surface area contributed by atoms with Crippen molar-refractivity contribution >= 4 is 16.7 Å². The molecule has 2 aromatic carbocycles. The molecule has 0 radical (unpaired) electrons. The maximum absolute atomic E-state index is 13.5. The SMILES string of the molecule is CCCOCCOCCNC(=O)c1cc(S(=O)c2ccc(C#N)cc2)c(C)n(-c2cccc(C(F)(F)F)c2)c1=O. The number of halogens is 3. The van der Waals surface area contributed by atoms with Crippen molar-refractivity contribution in [3.63, 3.8) is 0 Å². The maximum atomic E-state index is 13.5. The molecule has 12 heteroatoms. The Bertz CT molecular complexity index is 1460. The highest BCUT2D eigenvalue weighted by Crippen LogP contribution is 2.31. The van der Waals surface area contributed by atoms with E-state index in [0.29, 0.717) is 25.4 Å². The number of rotatable bonds is 12. The van der Waals surface area contributed by atoms with Gasteiger partial charge < -0.3 is 14.8 Å². The van der Waals surface area contributed by atoms with E-state index in [4.69, 9.17) is 14.7 Å². The Hall–Kier alpha value is -3.79. The number of nitriles is 1. The molecule has 0 spiro atoms. The van der Waals surface area contributed by atoms with Crippen LogP contribution in [0, 0.1) is 18.3 Å². The molecule has 0 bridgehead atoms. The summed E-state index contributed by atoms with van der Waals surface area (Å²) in [6, 6.07) is 13.1. The summed E-state index contributed by atoms with van der Waals surface area (Å²) in [5.74, 6) is -0.797. The highest BCUT2D eigenvalue weighted by atomic mass is 32.2. The quantitative estimate of drug-likeness (QED) is 0.321. The molecule has 40 heavy (non-hydrogen) atoms. The van der Waals surface area contributed by atoms with Crippen LogP contribution >= 0.6 is 0 Å². The zero-order valence-electron chi connectivity index (χ0n) is 21.9. The summed E-state index contributed by atoms with van der Waals surface area (Å²) in [5, 5.41) is 11.6. The highest BCUT2D eigenvalue weighted by molar-refractivity contribution is 7.85. The number of nitrogens with zero attached hydrogens (tertiary/aromatic N) is 2. The largest absolute Gasteiger partial charge is 0.416 e. The number of carbonyl (C=O) groups is 1. The minimum absolute atomic E-state index is 0.0520. The number of benzene rings is 2. The van der Waals surface area contributed by atoms with Crippen molar-refractivity contribution in [2.45, 2.75) is 36.2 Å². The number of amides is 1. The molecule has 0 saturated carbocycles. The van der Waals surface area contributed by atoms with Gasteiger partial charge >= 0.3 is 6.18 Å². The number of alkyl halides is 3. The molecule has 1 amide bonds. The Morgan fingerprint density at radius 3 is 2.35 bits per heavy atom. The summed E-state index contributed by atoms with van der Waals surface area (Å²) in [7, 11) is -1.93. The van der Waals surface area contributed by atoms with Crippen molar-refractivity contribution in [2.24, 2.45) is 0 Å². The van der Waals surface area contributed by atoms with Crippen LogP contribution in [0.5, 0.6) is 0 Å². The van der Waals surface area contributed by atoms with Crippen molar-refractivity contribution in [1.29, 1.82) is 5.26 Å². The van der Waals surface area contributed by atoms with Crippen molar-refractivity contribution < 1.29 is 31.6 Å². The van der Waals surface area contributed by atoms with E-state index in [-0.39, 0.29) is 34.3 Å². The highest BCUT2D eigenvalue weighted by Gasteiger charge is 2.31. The van der Waals surface area contributed by atoms with E-state index < -0.39 is 39.6 Å². The number of hydrogen-bond acceptors (Lipinski definition) is 6. The van der Waals surface area contributed by atoms with Crippen molar-refractivity contribution in [3.05, 3.63) is 87.3 Å². The van der Waals surface area contributed by atoms with Gasteiger partial charge in [0.1, 0.15) is 5.56 Å². The Labute approximate surface area is 231 Å². The van der Waals surface area contributed by atoms with Gasteiger partial charge in [-0.1, -0.05) is 13.0 Å². The van der Waals surface area contributed by atoms with Gasteiger partial charge in [0.2, 0.25) is 0 Å². The number of carbonyl (C=O) groups excluding carboxylic acids is 1. The molecule has 1 atom stereocenters. The Balaban J connectivity index is 1.99. The van der Waals surface area contributed by atoms with E-state index in [1.165, 1.54) is 43.3 Å². The van der Waals surface area contributed by atoms with Crippen LogP contribution < -0.4 is 10.9 Å². The van der Waals surface area contributed by atoms with Crippen molar-refractivity contribution in [3.8, 4) is 11.8 Å². The average molecular weight is 576 g/mol. The molecule has 3 aromatic rings. The van der Waals surface area contributed by atoms with Gasteiger partial charge in [0.05, 0.1) is 52.7 Å². The monoisotopic (exact) mass is 575 g/mol. The van der Waals surface area contributed by atoms with E-state index in [1.54, 1.807) is 0 Å². The molecular weight excluding hydrogens is 547 g/mol. The second kappa shape index (κ2) is 14.0. The third kappa shape index (κ3) is 7.65. The third-order valence-corrected chi connectivity index (χ3v) is 7.24. The summed E-state index contributed by atoms with van der Waals surface area (Å²) >= 11 is 0. The Morgan fingerprint density at radius 2 is 1.73 bits per heavy atom. The molecule has 1 N–H and O–H groups in total. The van der Waals surface area contributed by atoms with Crippen LogP contribution in [0.25, 0.3) is 5.69 Å². The van der Waals surface area contributed by atoms with Crippen molar-refractivity contribution in [1.82, 2.24) is 9.88 Å². The molecule has 0 fully saturated rings. The summed E-state index contributed by atoms with van der Waals surface area (Å²) < 4.78 is 65.5. The Kier molecular flexibility index (Phi) is 10.8. The Morgan fingerprint density at radius 1 is 1.05 bits per heavy atom. The van der Waals surface area contributed by atoms with Gasteiger partial charge in [0, 0.05) is 29.4 Å². The summed E-state index contributed by atoms with van der Waals surface area (Å²) in [4.78, 5) is 26.8. The number of hydrogen-bond donors (Lipinski definition) is 1. The van der Waals surface area contributed by atoms with Gasteiger partial charge in [-0.05, 0) is 61.9 Å². The average Bonchev–Trinajstić information content (AvgIpc) is 2.94. The predicted molar refractivity (Wildman–Crippen MR) is 142 cm³/mol. The molecule has 1 unspecified atom stereocenters. The van der Waals surface area contributed by atoms with E-state index in [2.05, 4.69) is 5.32 Å². The van der Waals surface area contributed by atoms with Gasteiger partial charge in [0.25, 0.3) is 11.5 Å². The van der Waals surface area contributed by atoms with Crippen LogP contribution in [0.4, 0.5) is 13.2 Å². The third-order valence-electron chi connectivity index (χ3n) is 5.73. The fourth-order valence-corrected chi connectivity index (χ4v) is 4.96. The molecule has 0 aliphatic rings. The molecule has 0 saturated heterocycles. The topological polar surface area (TPSA) is 110 Å². The lowest BCUT2D eigenvalue weighted by Gasteiger charge is -2.18. The number of pyridine rings is 1. The van der Waals surface area contributed by atoms with E-state index >= 15 is 0 Å². The van der Waals surface area contributed by atoms with Gasteiger partial charge in [-0.2, -0.15) is 18.4 Å². The smallest absolute Gasteiger partial charge is 0.379 e. The first kappa shape index (κ1) is 30.7. The van der Waals surface area contributed by atoms with Crippen LogP contribution in [0.2, 0.25) is 0 Å². The zero-order chi connectivity index (χ0) is 29.3. The predicted octanol–water partition coefficient (Wildman–Crippen LogP) is 4.38. The summed E-state index contributed by atoms with van der Waals surface area (Å²) in [6.45, 7) is 4.93. The summed E-state index contributed by atoms with van der Waals surface area (Å²) in [5.41, 5.74) is -1.96. The minimum atomic E-state index is -4.67. The number of nitrogens with one attached hydrogen (secondary N) is 1. The van der Waals surface area contributed by atoms with E-state index in [1.807, 2.05) is 13.0 Å². The lowest BCUT2D eigenvalue weighted by Crippen LogP contribution is -2.35. The molecule has 1 aromatic heterocycles. The molecule has 0 aliphatic heterocycles. The normalized spacial score (nSPS) is 12.1. The standard InChI is InChI=1S/C28H28F3N3O5S/c1-3-12-38-14-15-39-13-11-33-26(35)24-17-25(40(37)23-9-7-20(18-32)8-10-23)19(2)34(27(24)36)22-6-4-5-21(16-22)28(29,30)31/h4-10,16-17H,3,11-15H2,1-2H3,(H,33,35). The molecule has 0 aliphatic carbocycles. The van der Waals surface area contributed by atoms with Gasteiger partial charge in [-0.25, -0.2) is 4.21 Å². The zero-order valence-corrected chi connectivity index (χ0v) is 22.7. The molecule has 3 rings (SSSR count). The van der Waals surface area contributed by atoms with E-state index in [9.17, 15) is 27.0 Å². The second-order valence-electron chi connectivity index (χ2n) is 8.58. The van der Waals surface area contributed by atoms with E-state index in [0.717, 1.165) is 29.2 Å². The number of ether oxygens (including phenoxy) is 2.